The highest BCUT2D eigenvalue weighted by atomic mass is 31.2. The second-order valence-electron chi connectivity index (χ2n) is 3.05. The van der Waals surface area contributed by atoms with Gasteiger partial charge in [0.2, 0.25) is 5.82 Å². The van der Waals surface area contributed by atoms with E-state index in [1.807, 2.05) is 0 Å². The molecule has 3 N–H and O–H groups in total. The summed E-state index contributed by atoms with van der Waals surface area (Å²) in [6.45, 7) is 0. The number of phenols is 1. The second-order valence-corrected chi connectivity index (χ2v) is 4.20. The summed E-state index contributed by atoms with van der Waals surface area (Å²) in [6.07, 6.45) is 0. The summed E-state index contributed by atoms with van der Waals surface area (Å²) in [7, 11) is -5.16. The number of alkyl halides is 2. The Kier molecular flexibility index (Phi) is 4.13. The molecule has 106 valence electrons. The van der Waals surface area contributed by atoms with Gasteiger partial charge in [0.25, 0.3) is 0 Å². The molecule has 0 bridgehead atoms. The second kappa shape index (κ2) is 5.11. The van der Waals surface area contributed by atoms with Crippen LogP contribution >= 0.6 is 7.82 Å². The van der Waals surface area contributed by atoms with Crippen molar-refractivity contribution in [1.82, 2.24) is 0 Å². The predicted molar refractivity (Wildman–Crippen MR) is 49.9 cm³/mol. The van der Waals surface area contributed by atoms with Gasteiger partial charge in [-0.15, -0.1) is 0 Å². The Labute approximate surface area is 102 Å². The molecule has 0 amide bonds. The van der Waals surface area contributed by atoms with Gasteiger partial charge < -0.3 is 5.11 Å². The first-order valence-corrected chi connectivity index (χ1v) is 5.79. The van der Waals surface area contributed by atoms with Crippen LogP contribution in [0.3, 0.4) is 0 Å². The number of hydrogen-bond donors (Lipinski definition) is 3. The first-order valence-electron chi connectivity index (χ1n) is 4.26. The summed E-state index contributed by atoms with van der Waals surface area (Å²) < 4.78 is 65.4. The molecule has 0 spiro atoms. The van der Waals surface area contributed by atoms with Crippen molar-refractivity contribution in [2.75, 3.05) is 0 Å². The number of aromatic hydroxyl groups is 1. The SMILES string of the molecule is O=P(O)(O)ON=NC(F)(F)c1ccc(F)c(F)c1O. The van der Waals surface area contributed by atoms with Crippen LogP contribution in [0.15, 0.2) is 22.5 Å². The standard InChI is InChI=1S/C7H5F4N2O5P/c8-4-2-1-3(6(14)5(4)9)7(10,11)12-13-18-19(15,16)17/h1-2,14H,(H2,15,16,17). The fourth-order valence-electron chi connectivity index (χ4n) is 0.954. The van der Waals surface area contributed by atoms with Crippen molar-refractivity contribution in [3.05, 3.63) is 29.3 Å². The molecule has 0 aliphatic rings. The average molecular weight is 304 g/mol. The van der Waals surface area contributed by atoms with E-state index in [2.05, 4.69) is 15.0 Å². The number of benzene rings is 1. The van der Waals surface area contributed by atoms with Crippen LogP contribution in [0.25, 0.3) is 0 Å². The Morgan fingerprint density at radius 3 is 2.37 bits per heavy atom. The normalized spacial score (nSPS) is 12.9. The molecule has 0 aliphatic carbocycles. The van der Waals surface area contributed by atoms with Crippen molar-refractivity contribution in [3.8, 4) is 5.75 Å². The lowest BCUT2D eigenvalue weighted by Gasteiger charge is -2.12. The van der Waals surface area contributed by atoms with Gasteiger partial charge >= 0.3 is 13.9 Å². The maximum atomic E-state index is 13.3. The van der Waals surface area contributed by atoms with Crippen LogP contribution in [0.2, 0.25) is 0 Å². The van der Waals surface area contributed by atoms with Crippen LogP contribution in [-0.2, 0) is 15.2 Å². The van der Waals surface area contributed by atoms with Gasteiger partial charge in [0.05, 0.1) is 5.56 Å². The summed E-state index contributed by atoms with van der Waals surface area (Å²) in [5.74, 6) is -5.20. The number of phosphoric acid groups is 1. The van der Waals surface area contributed by atoms with Crippen LogP contribution in [0.1, 0.15) is 5.56 Å². The van der Waals surface area contributed by atoms with E-state index in [0.29, 0.717) is 12.1 Å². The molecule has 1 aromatic rings. The van der Waals surface area contributed by atoms with Gasteiger partial charge in [-0.1, -0.05) is 5.11 Å². The maximum Gasteiger partial charge on any atom is 0.546 e. The van der Waals surface area contributed by atoms with Crippen LogP contribution in [0.4, 0.5) is 17.6 Å². The third-order valence-electron chi connectivity index (χ3n) is 1.70. The molecule has 1 rings (SSSR count). The Morgan fingerprint density at radius 1 is 1.26 bits per heavy atom. The zero-order valence-corrected chi connectivity index (χ0v) is 9.56. The first kappa shape index (κ1) is 15.3. The van der Waals surface area contributed by atoms with Gasteiger partial charge in [0.1, 0.15) is 0 Å². The Hall–Kier alpha value is -1.71. The van der Waals surface area contributed by atoms with Crippen molar-refractivity contribution >= 4 is 7.82 Å². The fourth-order valence-corrected chi connectivity index (χ4v) is 1.09. The lowest BCUT2D eigenvalue weighted by Crippen LogP contribution is -2.10. The minimum Gasteiger partial charge on any atom is -0.504 e. The topological polar surface area (TPSA) is 112 Å². The van der Waals surface area contributed by atoms with Crippen molar-refractivity contribution in [1.29, 1.82) is 0 Å². The third kappa shape index (κ3) is 3.88. The van der Waals surface area contributed by atoms with Crippen molar-refractivity contribution in [2.45, 2.75) is 6.05 Å². The van der Waals surface area contributed by atoms with Gasteiger partial charge in [-0.3, -0.25) is 14.4 Å². The van der Waals surface area contributed by atoms with Gasteiger partial charge in [0, 0.05) is 5.28 Å². The number of rotatable bonds is 4. The lowest BCUT2D eigenvalue weighted by molar-refractivity contribution is -0.0163. The van der Waals surface area contributed by atoms with Crippen LogP contribution in [0.5, 0.6) is 5.75 Å². The fraction of sp³-hybridized carbons (Fsp3) is 0.143. The number of nitrogens with zero attached hydrogens (tertiary/aromatic N) is 2. The van der Waals surface area contributed by atoms with Crippen LogP contribution in [-0.4, -0.2) is 14.9 Å². The molecule has 7 nitrogen and oxygen atoms in total. The maximum absolute atomic E-state index is 13.3. The van der Waals surface area contributed by atoms with Gasteiger partial charge in [-0.2, -0.15) is 13.2 Å². The minimum absolute atomic E-state index is 0.303. The van der Waals surface area contributed by atoms with Crippen LogP contribution < -0.4 is 0 Å². The third-order valence-corrected chi connectivity index (χ3v) is 1.99. The molecule has 0 radical (unpaired) electrons. The van der Waals surface area contributed by atoms with Crippen LogP contribution in [0, 0.1) is 11.6 Å². The molecule has 19 heavy (non-hydrogen) atoms. The molecular formula is C7H5F4N2O5P. The average Bonchev–Trinajstić information content (AvgIpc) is 2.23. The Balaban J connectivity index is 3.07. The zero-order chi connectivity index (χ0) is 14.8. The molecule has 1 aromatic carbocycles. The highest BCUT2D eigenvalue weighted by Gasteiger charge is 2.37. The molecule has 0 aromatic heterocycles. The minimum atomic E-state index is -5.16. The van der Waals surface area contributed by atoms with E-state index in [4.69, 9.17) is 14.9 Å². The smallest absolute Gasteiger partial charge is 0.504 e. The zero-order valence-electron chi connectivity index (χ0n) is 8.67. The van der Waals surface area contributed by atoms with Gasteiger partial charge in [-0.05, 0) is 12.1 Å². The quantitative estimate of drug-likeness (QED) is 0.259. The highest BCUT2D eigenvalue weighted by molar-refractivity contribution is 7.46. The summed E-state index contributed by atoms with van der Waals surface area (Å²) in [5.41, 5.74) is -1.45. The van der Waals surface area contributed by atoms with E-state index in [9.17, 15) is 22.1 Å². The van der Waals surface area contributed by atoms with Crippen molar-refractivity contribution < 1.29 is 41.6 Å². The predicted octanol–water partition coefficient (Wildman–Crippen LogP) is 2.20. The Bertz CT molecular complexity index is 561. The summed E-state index contributed by atoms with van der Waals surface area (Å²) >= 11 is 0. The molecule has 0 fully saturated rings. The monoisotopic (exact) mass is 304 g/mol. The largest absolute Gasteiger partial charge is 0.546 e. The molecule has 0 saturated heterocycles. The summed E-state index contributed by atoms with van der Waals surface area (Å²) in [6, 6.07) is -3.75. The number of halogens is 4. The van der Waals surface area contributed by atoms with Crippen molar-refractivity contribution in [2.24, 2.45) is 10.4 Å². The summed E-state index contributed by atoms with van der Waals surface area (Å²) in [4.78, 5) is 16.3. The molecule has 12 heteroatoms. The first-order chi connectivity index (χ1) is 8.54. The molecule has 0 aliphatic heterocycles. The molecule has 0 atom stereocenters. The van der Waals surface area contributed by atoms with E-state index in [1.165, 1.54) is 0 Å². The molecular weight excluding hydrogens is 299 g/mol. The van der Waals surface area contributed by atoms with E-state index in [-0.39, 0.29) is 0 Å². The number of phenolic OH excluding ortho intramolecular Hbond substituents is 1. The van der Waals surface area contributed by atoms with E-state index < -0.39 is 36.8 Å². The van der Waals surface area contributed by atoms with E-state index in [1.54, 1.807) is 0 Å². The van der Waals surface area contributed by atoms with Gasteiger partial charge in [0.15, 0.2) is 11.6 Å². The van der Waals surface area contributed by atoms with Crippen molar-refractivity contribution in [3.63, 3.8) is 0 Å². The number of hydrogen-bond acceptors (Lipinski definition) is 5. The Morgan fingerprint density at radius 2 is 1.84 bits per heavy atom. The molecule has 0 saturated carbocycles. The molecule has 0 unspecified atom stereocenters. The highest BCUT2D eigenvalue weighted by Crippen LogP contribution is 2.40. The van der Waals surface area contributed by atoms with E-state index >= 15 is 0 Å². The van der Waals surface area contributed by atoms with Gasteiger partial charge in [-0.25, -0.2) is 8.96 Å². The summed E-state index contributed by atoms with van der Waals surface area (Å²) in [5, 5.41) is 13.1. The molecule has 0 heterocycles. The lowest BCUT2D eigenvalue weighted by atomic mass is 10.1. The van der Waals surface area contributed by atoms with E-state index in [0.717, 1.165) is 0 Å².